The minimum Gasteiger partial charge on any atom is -0.354 e. The molecule has 5 nitrogen and oxygen atoms in total. The lowest BCUT2D eigenvalue weighted by atomic mass is 10.0. The minimum atomic E-state index is 0.287. The minimum absolute atomic E-state index is 0.287. The Morgan fingerprint density at radius 1 is 1.45 bits per heavy atom. The molecule has 0 amide bonds. The first-order chi connectivity index (χ1) is 9.52. The van der Waals surface area contributed by atoms with Gasteiger partial charge < -0.3 is 10.3 Å². The molecule has 3 N–H and O–H groups in total. The van der Waals surface area contributed by atoms with Crippen LogP contribution >= 0.6 is 27.3 Å². The zero-order valence-electron chi connectivity index (χ0n) is 11.7. The van der Waals surface area contributed by atoms with Gasteiger partial charge in [-0.1, -0.05) is 13.8 Å². The maximum atomic E-state index is 5.55. The highest BCUT2D eigenvalue weighted by Crippen LogP contribution is 2.31. The molecule has 7 heteroatoms. The topological polar surface area (TPSA) is 67.1 Å². The predicted molar refractivity (Wildman–Crippen MR) is 88.1 cm³/mol. The van der Waals surface area contributed by atoms with Crippen molar-refractivity contribution in [3.63, 3.8) is 0 Å². The fraction of sp³-hybridized carbons (Fsp3) is 0.385. The highest BCUT2D eigenvalue weighted by molar-refractivity contribution is 9.10. The number of hydrogen-bond acceptors (Lipinski definition) is 6. The molecule has 0 aliphatic heterocycles. The van der Waals surface area contributed by atoms with Crippen LogP contribution in [0.3, 0.4) is 0 Å². The van der Waals surface area contributed by atoms with Crippen molar-refractivity contribution in [2.75, 3.05) is 17.4 Å². The van der Waals surface area contributed by atoms with Gasteiger partial charge in [-0.05, 0) is 27.9 Å². The van der Waals surface area contributed by atoms with Crippen molar-refractivity contribution < 1.29 is 0 Å². The standard InChI is InChI=1S/C13H18BrN5S/c1-8(2)11-12(18-15)16-7-17-13(11)19(3)5-10-4-9(14)6-20-10/h4,6-8H,5,15H2,1-3H3,(H,16,17,18). The summed E-state index contributed by atoms with van der Waals surface area (Å²) < 4.78 is 1.11. The smallest absolute Gasteiger partial charge is 0.148 e. The third kappa shape index (κ3) is 3.28. The Kier molecular flexibility index (Phi) is 4.95. The van der Waals surface area contributed by atoms with E-state index >= 15 is 0 Å². The van der Waals surface area contributed by atoms with Crippen LogP contribution in [0.15, 0.2) is 22.2 Å². The van der Waals surface area contributed by atoms with Gasteiger partial charge in [-0.2, -0.15) is 0 Å². The van der Waals surface area contributed by atoms with Gasteiger partial charge in [0, 0.05) is 27.3 Å². The summed E-state index contributed by atoms with van der Waals surface area (Å²) in [6.45, 7) is 5.02. The van der Waals surface area contributed by atoms with Crippen molar-refractivity contribution in [2.24, 2.45) is 5.84 Å². The summed E-state index contributed by atoms with van der Waals surface area (Å²) in [7, 11) is 2.03. The highest BCUT2D eigenvalue weighted by Gasteiger charge is 2.17. The van der Waals surface area contributed by atoms with Gasteiger partial charge >= 0.3 is 0 Å². The number of halogens is 1. The Bertz CT molecular complexity index is 584. The van der Waals surface area contributed by atoms with Gasteiger partial charge in [0.15, 0.2) is 0 Å². The summed E-state index contributed by atoms with van der Waals surface area (Å²) in [5.41, 5.74) is 3.69. The van der Waals surface area contributed by atoms with E-state index in [1.807, 2.05) is 7.05 Å². The molecular formula is C13H18BrN5S. The summed E-state index contributed by atoms with van der Waals surface area (Å²) in [5, 5.41) is 2.08. The Hall–Kier alpha value is -1.18. The molecule has 0 atom stereocenters. The van der Waals surface area contributed by atoms with Crippen LogP contribution in [-0.4, -0.2) is 17.0 Å². The van der Waals surface area contributed by atoms with E-state index in [1.54, 1.807) is 11.3 Å². The highest BCUT2D eigenvalue weighted by atomic mass is 79.9. The van der Waals surface area contributed by atoms with Crippen LogP contribution in [-0.2, 0) is 6.54 Å². The number of thiophene rings is 1. The van der Waals surface area contributed by atoms with Crippen LogP contribution in [0.25, 0.3) is 0 Å². The van der Waals surface area contributed by atoms with Crippen LogP contribution in [0.4, 0.5) is 11.6 Å². The molecule has 2 heterocycles. The number of nitrogen functional groups attached to an aromatic ring is 1. The summed E-state index contributed by atoms with van der Waals surface area (Å²) in [5.74, 6) is 7.43. The fourth-order valence-electron chi connectivity index (χ4n) is 2.08. The zero-order valence-corrected chi connectivity index (χ0v) is 14.1. The lowest BCUT2D eigenvalue weighted by Crippen LogP contribution is -2.22. The average molecular weight is 356 g/mol. The molecule has 0 bridgehead atoms. The van der Waals surface area contributed by atoms with E-state index in [-0.39, 0.29) is 5.92 Å². The molecule has 108 valence electrons. The van der Waals surface area contributed by atoms with E-state index in [0.29, 0.717) is 5.82 Å². The first-order valence-electron chi connectivity index (χ1n) is 6.28. The van der Waals surface area contributed by atoms with Crippen LogP contribution < -0.4 is 16.2 Å². The molecule has 0 aromatic carbocycles. The molecule has 2 aromatic heterocycles. The lowest BCUT2D eigenvalue weighted by Gasteiger charge is -2.23. The van der Waals surface area contributed by atoms with E-state index in [2.05, 4.69) is 61.5 Å². The number of nitrogens with one attached hydrogen (secondary N) is 1. The van der Waals surface area contributed by atoms with Crippen molar-refractivity contribution >= 4 is 38.9 Å². The van der Waals surface area contributed by atoms with E-state index < -0.39 is 0 Å². The van der Waals surface area contributed by atoms with Crippen molar-refractivity contribution in [1.29, 1.82) is 0 Å². The van der Waals surface area contributed by atoms with Crippen LogP contribution in [0.1, 0.15) is 30.2 Å². The van der Waals surface area contributed by atoms with Gasteiger partial charge in [0.25, 0.3) is 0 Å². The molecule has 0 aliphatic rings. The van der Waals surface area contributed by atoms with Crippen molar-refractivity contribution in [2.45, 2.75) is 26.3 Å². The molecule has 0 radical (unpaired) electrons. The van der Waals surface area contributed by atoms with E-state index in [1.165, 1.54) is 11.2 Å². The number of rotatable bonds is 5. The van der Waals surface area contributed by atoms with Crippen LogP contribution in [0.5, 0.6) is 0 Å². The Labute approximate surface area is 131 Å². The fourth-order valence-corrected chi connectivity index (χ4v) is 3.59. The van der Waals surface area contributed by atoms with Gasteiger partial charge in [0.05, 0.1) is 6.54 Å². The summed E-state index contributed by atoms with van der Waals surface area (Å²) in [6.07, 6.45) is 1.54. The number of aromatic nitrogens is 2. The lowest BCUT2D eigenvalue weighted by molar-refractivity contribution is 0.812. The number of anilines is 2. The second-order valence-corrected chi connectivity index (χ2v) is 6.76. The number of hydrogen-bond donors (Lipinski definition) is 2. The number of nitrogens with zero attached hydrogens (tertiary/aromatic N) is 3. The van der Waals surface area contributed by atoms with Gasteiger partial charge in [0.2, 0.25) is 0 Å². The average Bonchev–Trinajstić information content (AvgIpc) is 2.82. The van der Waals surface area contributed by atoms with Gasteiger partial charge in [-0.3, -0.25) is 0 Å². The third-order valence-corrected chi connectivity index (χ3v) is 4.64. The van der Waals surface area contributed by atoms with Gasteiger partial charge in [-0.15, -0.1) is 11.3 Å². The summed E-state index contributed by atoms with van der Waals surface area (Å²) in [6, 6.07) is 2.12. The SMILES string of the molecule is CC(C)c1c(NN)ncnc1N(C)Cc1cc(Br)cs1. The molecule has 0 spiro atoms. The molecular weight excluding hydrogens is 338 g/mol. The van der Waals surface area contributed by atoms with Crippen molar-refractivity contribution in [1.82, 2.24) is 9.97 Å². The number of hydrazine groups is 1. The molecule has 20 heavy (non-hydrogen) atoms. The van der Waals surface area contributed by atoms with Gasteiger partial charge in [0.1, 0.15) is 18.0 Å². The third-order valence-electron chi connectivity index (χ3n) is 2.95. The molecule has 0 saturated heterocycles. The largest absolute Gasteiger partial charge is 0.354 e. The van der Waals surface area contributed by atoms with E-state index in [9.17, 15) is 0 Å². The van der Waals surface area contributed by atoms with Crippen LogP contribution in [0.2, 0.25) is 0 Å². The Balaban J connectivity index is 2.31. The van der Waals surface area contributed by atoms with Gasteiger partial charge in [-0.25, -0.2) is 15.8 Å². The normalized spacial score (nSPS) is 10.9. The molecule has 0 fully saturated rings. The zero-order chi connectivity index (χ0) is 14.7. The second kappa shape index (κ2) is 6.51. The van der Waals surface area contributed by atoms with Crippen LogP contribution in [0, 0.1) is 0 Å². The first-order valence-corrected chi connectivity index (χ1v) is 7.95. The summed E-state index contributed by atoms with van der Waals surface area (Å²) >= 11 is 5.20. The van der Waals surface area contributed by atoms with Crippen molar-refractivity contribution in [3.8, 4) is 0 Å². The molecule has 0 unspecified atom stereocenters. The second-order valence-electron chi connectivity index (χ2n) is 4.85. The number of nitrogens with two attached hydrogens (primary N) is 1. The molecule has 2 aromatic rings. The van der Waals surface area contributed by atoms with Crippen molar-refractivity contribution in [3.05, 3.63) is 32.7 Å². The maximum absolute atomic E-state index is 5.55. The predicted octanol–water partition coefficient (Wildman–Crippen LogP) is 3.35. The molecule has 0 aliphatic carbocycles. The molecule has 2 rings (SSSR count). The quantitative estimate of drug-likeness (QED) is 0.635. The van der Waals surface area contributed by atoms with E-state index in [4.69, 9.17) is 5.84 Å². The summed E-state index contributed by atoms with van der Waals surface area (Å²) in [4.78, 5) is 12.0. The van der Waals surface area contributed by atoms with E-state index in [0.717, 1.165) is 22.4 Å². The Morgan fingerprint density at radius 3 is 2.75 bits per heavy atom. The maximum Gasteiger partial charge on any atom is 0.148 e. The first kappa shape index (κ1) is 15.2. The Morgan fingerprint density at radius 2 is 2.20 bits per heavy atom. The monoisotopic (exact) mass is 355 g/mol. The molecule has 0 saturated carbocycles.